The predicted molar refractivity (Wildman–Crippen MR) is 115 cm³/mol. The van der Waals surface area contributed by atoms with E-state index in [0.29, 0.717) is 23.5 Å². The topological polar surface area (TPSA) is 58.2 Å². The fourth-order valence-corrected chi connectivity index (χ4v) is 5.76. The molecule has 1 aromatic rings. The van der Waals surface area contributed by atoms with E-state index < -0.39 is 0 Å². The van der Waals surface area contributed by atoms with Crippen LogP contribution >= 0.6 is 11.8 Å². The molecule has 2 fully saturated rings. The minimum absolute atomic E-state index is 0.0781. The average Bonchev–Trinajstić information content (AvgIpc) is 2.63. The van der Waals surface area contributed by atoms with Crippen LogP contribution in [0.5, 0.6) is 0 Å². The van der Waals surface area contributed by atoms with Gasteiger partial charge in [-0.15, -0.1) is 11.8 Å². The minimum atomic E-state index is 0.0781. The highest BCUT2D eigenvalue weighted by molar-refractivity contribution is 7.99. The molecular weight excluding hydrogens is 368 g/mol. The molecule has 3 rings (SSSR count). The second-order valence-electron chi connectivity index (χ2n) is 8.72. The molecule has 5 unspecified atom stereocenters. The molecule has 2 N–H and O–H groups in total. The van der Waals surface area contributed by atoms with Crippen molar-refractivity contribution in [3.63, 3.8) is 0 Å². The van der Waals surface area contributed by atoms with Crippen molar-refractivity contribution >= 4 is 23.6 Å². The van der Waals surface area contributed by atoms with Crippen LogP contribution in [0.25, 0.3) is 0 Å². The molecule has 0 radical (unpaired) electrons. The Bertz CT molecular complexity index is 688. The third kappa shape index (κ3) is 5.11. The lowest BCUT2D eigenvalue weighted by atomic mass is 9.67. The lowest BCUT2D eigenvalue weighted by Gasteiger charge is -2.46. The second kappa shape index (κ2) is 9.34. The maximum absolute atomic E-state index is 12.5. The molecule has 28 heavy (non-hydrogen) atoms. The molecule has 1 saturated carbocycles. The van der Waals surface area contributed by atoms with E-state index in [-0.39, 0.29) is 29.8 Å². The number of hydrogen-bond donors (Lipinski definition) is 2. The van der Waals surface area contributed by atoms with Gasteiger partial charge in [0.25, 0.3) is 0 Å². The van der Waals surface area contributed by atoms with E-state index in [4.69, 9.17) is 0 Å². The van der Waals surface area contributed by atoms with Crippen molar-refractivity contribution in [2.45, 2.75) is 82.0 Å². The minimum Gasteiger partial charge on any atom is -0.353 e. The van der Waals surface area contributed by atoms with Gasteiger partial charge in [0.2, 0.25) is 11.8 Å². The first-order valence-electron chi connectivity index (χ1n) is 10.7. The van der Waals surface area contributed by atoms with Crippen LogP contribution in [-0.2, 0) is 16.0 Å². The molecule has 1 saturated heterocycles. The molecule has 1 heterocycles. The van der Waals surface area contributed by atoms with Crippen LogP contribution in [-0.4, -0.2) is 29.1 Å². The van der Waals surface area contributed by atoms with Crippen LogP contribution in [0.15, 0.2) is 29.2 Å². The van der Waals surface area contributed by atoms with Crippen molar-refractivity contribution in [1.29, 1.82) is 0 Å². The number of thioether (sulfide) groups is 1. The lowest BCUT2D eigenvalue weighted by Crippen LogP contribution is -2.58. The molecule has 2 aliphatic rings. The number of benzene rings is 1. The quantitative estimate of drug-likeness (QED) is 0.702. The summed E-state index contributed by atoms with van der Waals surface area (Å²) >= 11 is 1.83. The van der Waals surface area contributed by atoms with Crippen LogP contribution in [0.1, 0.15) is 58.9 Å². The van der Waals surface area contributed by atoms with E-state index >= 15 is 0 Å². The predicted octanol–water partition coefficient (Wildman–Crippen LogP) is 4.18. The van der Waals surface area contributed by atoms with Gasteiger partial charge < -0.3 is 10.6 Å². The summed E-state index contributed by atoms with van der Waals surface area (Å²) in [5.74, 6) is 1.39. The van der Waals surface area contributed by atoms with E-state index in [1.807, 2.05) is 11.8 Å². The van der Waals surface area contributed by atoms with E-state index in [0.717, 1.165) is 31.2 Å². The van der Waals surface area contributed by atoms with Gasteiger partial charge in [0.05, 0.1) is 6.42 Å². The Balaban J connectivity index is 1.51. The van der Waals surface area contributed by atoms with E-state index in [2.05, 4.69) is 62.6 Å². The van der Waals surface area contributed by atoms with Crippen LogP contribution < -0.4 is 10.6 Å². The zero-order chi connectivity index (χ0) is 20.3. The molecule has 5 heteroatoms. The number of hydrogen-bond acceptors (Lipinski definition) is 3. The zero-order valence-corrected chi connectivity index (χ0v) is 18.4. The third-order valence-electron chi connectivity index (χ3n) is 6.34. The van der Waals surface area contributed by atoms with Gasteiger partial charge in [0, 0.05) is 28.1 Å². The first-order valence-corrected chi connectivity index (χ1v) is 11.6. The van der Waals surface area contributed by atoms with Gasteiger partial charge >= 0.3 is 0 Å². The summed E-state index contributed by atoms with van der Waals surface area (Å²) < 4.78 is 0. The molecule has 2 amide bonds. The fraction of sp³-hybridized carbons (Fsp3) is 0.652. The number of rotatable bonds is 6. The lowest BCUT2D eigenvalue weighted by molar-refractivity contribution is -0.133. The summed E-state index contributed by atoms with van der Waals surface area (Å²) in [5, 5.41) is 6.99. The highest BCUT2D eigenvalue weighted by atomic mass is 32.2. The molecule has 1 aliphatic heterocycles. The Labute approximate surface area is 173 Å². The normalized spacial score (nSPS) is 29.9. The van der Waals surface area contributed by atoms with Gasteiger partial charge in [-0.1, -0.05) is 39.8 Å². The maximum Gasteiger partial charge on any atom is 0.224 e. The number of piperidine rings is 1. The second-order valence-corrected chi connectivity index (χ2v) is 10.4. The number of fused-ring (bicyclic) bond motifs is 1. The van der Waals surface area contributed by atoms with Crippen LogP contribution in [0.2, 0.25) is 0 Å². The largest absolute Gasteiger partial charge is 0.353 e. The molecule has 0 spiro atoms. The summed E-state index contributed by atoms with van der Waals surface area (Å²) in [6, 6.07) is 8.67. The summed E-state index contributed by atoms with van der Waals surface area (Å²) in [6.07, 6.45) is 4.26. The van der Waals surface area contributed by atoms with Crippen molar-refractivity contribution in [1.82, 2.24) is 10.6 Å². The van der Waals surface area contributed by atoms with Gasteiger partial charge in [-0.2, -0.15) is 0 Å². The van der Waals surface area contributed by atoms with Crippen LogP contribution in [0.3, 0.4) is 0 Å². The van der Waals surface area contributed by atoms with E-state index in [1.54, 1.807) is 0 Å². The molecule has 0 aromatic heterocycles. The maximum atomic E-state index is 12.5. The summed E-state index contributed by atoms with van der Waals surface area (Å²) in [5.41, 5.74) is 1.05. The highest BCUT2D eigenvalue weighted by Gasteiger charge is 2.43. The summed E-state index contributed by atoms with van der Waals surface area (Å²) in [6.45, 7) is 8.68. The molecule has 4 nitrogen and oxygen atoms in total. The van der Waals surface area contributed by atoms with Gasteiger partial charge in [0.1, 0.15) is 0 Å². The Morgan fingerprint density at radius 1 is 1.25 bits per heavy atom. The van der Waals surface area contributed by atoms with Crippen molar-refractivity contribution < 1.29 is 9.59 Å². The smallest absolute Gasteiger partial charge is 0.224 e. The van der Waals surface area contributed by atoms with Crippen molar-refractivity contribution in [2.24, 2.45) is 17.8 Å². The Hall–Kier alpha value is -1.49. The summed E-state index contributed by atoms with van der Waals surface area (Å²) in [7, 11) is 0. The first kappa shape index (κ1) is 21.2. The monoisotopic (exact) mass is 402 g/mol. The van der Waals surface area contributed by atoms with Crippen LogP contribution in [0.4, 0.5) is 0 Å². The number of carbonyl (C=O) groups excluding carboxylic acids is 2. The zero-order valence-electron chi connectivity index (χ0n) is 17.5. The van der Waals surface area contributed by atoms with Gasteiger partial charge in [-0.05, 0) is 55.2 Å². The van der Waals surface area contributed by atoms with Crippen molar-refractivity contribution in [3.05, 3.63) is 29.8 Å². The van der Waals surface area contributed by atoms with Gasteiger partial charge in [0.15, 0.2) is 0 Å². The molecule has 0 bridgehead atoms. The Kier molecular flexibility index (Phi) is 7.08. The van der Waals surface area contributed by atoms with Crippen molar-refractivity contribution in [2.75, 3.05) is 0 Å². The molecular formula is C23H34N2O2S. The fourth-order valence-electron chi connectivity index (χ4n) is 4.93. The third-order valence-corrected chi connectivity index (χ3v) is 7.36. The number of carbonyl (C=O) groups is 2. The summed E-state index contributed by atoms with van der Waals surface area (Å²) in [4.78, 5) is 26.1. The van der Waals surface area contributed by atoms with E-state index in [9.17, 15) is 9.59 Å². The molecule has 1 aromatic carbocycles. The standard InChI is InChI=1S/C23H34N2O2S/c1-5-19-15(4)20-11-8-17(13-21(20)25-23(19)27)24-22(26)12-16-6-9-18(10-7-16)28-14(2)3/h6-7,9-10,14-15,17,19-21H,5,8,11-13H2,1-4H3,(H,24,26)(H,25,27). The van der Waals surface area contributed by atoms with Crippen LogP contribution in [0, 0.1) is 17.8 Å². The van der Waals surface area contributed by atoms with Gasteiger partial charge in [-0.25, -0.2) is 0 Å². The molecule has 5 atom stereocenters. The highest BCUT2D eigenvalue weighted by Crippen LogP contribution is 2.38. The average molecular weight is 403 g/mol. The number of amides is 2. The molecule has 1 aliphatic carbocycles. The molecule has 154 valence electrons. The van der Waals surface area contributed by atoms with Gasteiger partial charge in [-0.3, -0.25) is 9.59 Å². The Morgan fingerprint density at radius 2 is 1.96 bits per heavy atom. The first-order chi connectivity index (χ1) is 13.4. The number of nitrogens with one attached hydrogen (secondary N) is 2. The van der Waals surface area contributed by atoms with Crippen molar-refractivity contribution in [3.8, 4) is 0 Å². The SMILES string of the molecule is CCC1C(=O)NC2CC(NC(=O)Cc3ccc(SC(C)C)cc3)CCC2C1C. The Morgan fingerprint density at radius 3 is 2.61 bits per heavy atom. The van der Waals surface area contributed by atoms with E-state index in [1.165, 1.54) is 4.90 Å².